The van der Waals surface area contributed by atoms with Crippen LogP contribution in [0.4, 0.5) is 0 Å². The molecule has 0 spiro atoms. The van der Waals surface area contributed by atoms with E-state index < -0.39 is 0 Å². The first-order valence-corrected chi connectivity index (χ1v) is 28.5. The van der Waals surface area contributed by atoms with E-state index in [4.69, 9.17) is 0 Å². The SMILES string of the molecule is Cl.Cl.[CH3-].[CH3-].[Si]=[Zr].c1ccc2c(-c3ccc(-c4cccc5ccccc45)c4[cH-]c(CC5CC5)cc34)cccc2c1.c1ccc2c(-c3ccc(-c4cccc5ccccc45)c4[cH-]c(CC5CC5)cc34)cccc2c1. The summed E-state index contributed by atoms with van der Waals surface area (Å²) in [6.07, 6.45) is 7.95. The van der Waals surface area contributed by atoms with Crippen LogP contribution < -0.4 is 0 Å². The Kier molecular flexibility index (Phi) is 16.7. The normalized spacial score (nSPS) is 12.7. The summed E-state index contributed by atoms with van der Waals surface area (Å²) >= 11 is 1.36. The van der Waals surface area contributed by atoms with Crippen LogP contribution in [0.2, 0.25) is 0 Å². The molecule has 12 aromatic carbocycles. The number of halogens is 2. The maximum absolute atomic E-state index is 3.06. The van der Waals surface area contributed by atoms with E-state index in [0.29, 0.717) is 0 Å². The van der Waals surface area contributed by atoms with E-state index in [1.54, 1.807) is 0 Å². The maximum atomic E-state index is 3.06. The summed E-state index contributed by atoms with van der Waals surface area (Å²) < 4.78 is 0. The van der Waals surface area contributed by atoms with E-state index in [9.17, 15) is 0 Å². The Morgan fingerprint density at radius 3 is 0.875 bits per heavy atom. The Morgan fingerprint density at radius 1 is 0.319 bits per heavy atom. The second-order valence-electron chi connectivity index (χ2n) is 19.1. The fraction of sp³-hybridized carbons (Fsp3) is 0.118. The molecule has 2 fully saturated rings. The quantitative estimate of drug-likeness (QED) is 0.105. The molecule has 4 heteroatoms. The predicted octanol–water partition coefficient (Wildman–Crippen LogP) is 19.7. The van der Waals surface area contributed by atoms with Crippen molar-refractivity contribution >= 4 is 96.3 Å². The molecule has 0 amide bonds. The third kappa shape index (κ3) is 10.2. The first-order valence-electron chi connectivity index (χ1n) is 24.3. The maximum Gasteiger partial charge on any atom is -0.0114 e. The zero-order chi connectivity index (χ0) is 45.6. The van der Waals surface area contributed by atoms with Crippen LogP contribution in [0, 0.1) is 26.7 Å². The van der Waals surface area contributed by atoms with Gasteiger partial charge in [-0.3, -0.25) is 0 Å². The van der Waals surface area contributed by atoms with E-state index in [1.807, 2.05) is 0 Å². The van der Waals surface area contributed by atoms with E-state index in [2.05, 4.69) is 225 Å². The van der Waals surface area contributed by atoms with Crippen LogP contribution >= 0.6 is 24.8 Å². The van der Waals surface area contributed by atoms with Gasteiger partial charge in [0.05, 0.1) is 0 Å². The van der Waals surface area contributed by atoms with Gasteiger partial charge in [-0.05, 0) is 105 Å². The van der Waals surface area contributed by atoms with Gasteiger partial charge >= 0.3 is 30.2 Å². The van der Waals surface area contributed by atoms with Crippen molar-refractivity contribution in [2.24, 2.45) is 11.8 Å². The number of hydrogen-bond donors (Lipinski definition) is 0. The molecule has 0 aromatic heterocycles. The van der Waals surface area contributed by atoms with Gasteiger partial charge in [0.2, 0.25) is 0 Å². The molecule has 2 aliphatic rings. The third-order valence-electron chi connectivity index (χ3n) is 14.7. The summed E-state index contributed by atoms with van der Waals surface area (Å²) in [5.41, 5.74) is 13.6. The number of fused-ring (bicyclic) bond motifs is 6. The predicted molar refractivity (Wildman–Crippen MR) is 317 cm³/mol. The topological polar surface area (TPSA) is 0 Å². The van der Waals surface area contributed by atoms with Crippen molar-refractivity contribution in [2.75, 3.05) is 0 Å². The Bertz CT molecular complexity index is 3330. The van der Waals surface area contributed by atoms with Crippen LogP contribution in [0.3, 0.4) is 0 Å². The molecule has 0 atom stereocenters. The molecule has 2 radical (unpaired) electrons. The van der Waals surface area contributed by atoms with Gasteiger partial charge in [-0.2, -0.15) is 12.1 Å². The molecule has 0 N–H and O–H groups in total. The summed E-state index contributed by atoms with van der Waals surface area (Å²) in [5, 5.41) is 16.0. The van der Waals surface area contributed by atoms with Gasteiger partial charge in [-0.25, -0.2) is 0 Å². The van der Waals surface area contributed by atoms with Crippen molar-refractivity contribution in [1.29, 1.82) is 0 Å². The smallest absolute Gasteiger partial charge is 0.0114 e. The minimum Gasteiger partial charge on any atom is -0.164 e. The molecule has 0 nitrogen and oxygen atoms in total. The fourth-order valence-corrected chi connectivity index (χ4v) is 11.0. The zero-order valence-corrected chi connectivity index (χ0v) is 46.1. The average Bonchev–Trinajstić information content (AvgIpc) is 4.32. The molecule has 2 aliphatic carbocycles. The van der Waals surface area contributed by atoms with Gasteiger partial charge in [0.1, 0.15) is 0 Å². The number of rotatable bonds is 8. The minimum atomic E-state index is 0. The van der Waals surface area contributed by atoms with Gasteiger partial charge in [-0.15, -0.1) is 69.6 Å². The van der Waals surface area contributed by atoms with Crippen LogP contribution in [0.5, 0.6) is 0 Å². The molecule has 356 valence electrons. The molecular formula is C68H58Cl2SiZr-4. The van der Waals surface area contributed by atoms with Crippen molar-refractivity contribution in [2.45, 2.75) is 38.5 Å². The van der Waals surface area contributed by atoms with Crippen molar-refractivity contribution in [3.63, 3.8) is 0 Å². The monoisotopic (exact) mass is 1060 g/mol. The molecule has 0 heterocycles. The molecule has 0 bridgehead atoms. The first-order chi connectivity index (χ1) is 33.7. The van der Waals surface area contributed by atoms with Crippen LogP contribution in [0.15, 0.2) is 218 Å². The number of hydrogen-bond acceptors (Lipinski definition) is 0. The van der Waals surface area contributed by atoms with Crippen molar-refractivity contribution < 1.29 is 23.3 Å². The molecule has 0 saturated heterocycles. The van der Waals surface area contributed by atoms with Gasteiger partial charge in [-0.1, -0.05) is 228 Å². The van der Waals surface area contributed by atoms with Gasteiger partial charge < -0.3 is 14.9 Å². The minimum absolute atomic E-state index is 0. The van der Waals surface area contributed by atoms with Gasteiger partial charge in [0, 0.05) is 0 Å². The van der Waals surface area contributed by atoms with Gasteiger partial charge in [0.25, 0.3) is 0 Å². The molecule has 2 saturated carbocycles. The zero-order valence-electron chi connectivity index (χ0n) is 41.0. The Labute approximate surface area is 455 Å². The summed E-state index contributed by atoms with van der Waals surface area (Å²) in [7, 11) is 0. The van der Waals surface area contributed by atoms with Crippen molar-refractivity contribution in [1.82, 2.24) is 0 Å². The summed E-state index contributed by atoms with van der Waals surface area (Å²) in [6.45, 7) is 3.06. The average molecular weight is 1070 g/mol. The Hall–Kier alpha value is -5.86. The standard InChI is InChI=1S/2C33H25.2CH3.2ClH.Si.Zr/c2*1-3-11-26-24(7-1)9-5-13-28(26)30-17-18-31(29-14-6-10-25-8-2-4-12-27(25)29)33-21-23(20-32(30)33)19-22-15-16-22;;;;;;/h2*1-14,17-18,20-22H,15-16,19H2;2*1H3;2*1H;;/q4*-1;;;;. The molecule has 12 aromatic rings. The van der Waals surface area contributed by atoms with Crippen LogP contribution in [-0.4, -0.2) is 6.88 Å². The van der Waals surface area contributed by atoms with Crippen LogP contribution in [0.25, 0.3) is 109 Å². The van der Waals surface area contributed by atoms with Crippen molar-refractivity contribution in [3.05, 3.63) is 244 Å². The van der Waals surface area contributed by atoms with E-state index in [-0.39, 0.29) is 39.7 Å². The van der Waals surface area contributed by atoms with Crippen molar-refractivity contribution in [3.8, 4) is 44.5 Å². The Morgan fingerprint density at radius 2 is 0.569 bits per heavy atom. The molecule has 0 aliphatic heterocycles. The summed E-state index contributed by atoms with van der Waals surface area (Å²) in [5.74, 6) is 1.76. The van der Waals surface area contributed by atoms with E-state index >= 15 is 0 Å². The molecule has 14 rings (SSSR count). The largest absolute Gasteiger partial charge is 0.164 e. The van der Waals surface area contributed by atoms with E-state index in [0.717, 1.165) is 11.8 Å². The molecule has 0 unspecified atom stereocenters. The van der Waals surface area contributed by atoms with Gasteiger partial charge in [0.15, 0.2) is 0 Å². The number of benzene rings is 10. The summed E-state index contributed by atoms with van der Waals surface area (Å²) in [6, 6.07) is 81.0. The molecular weight excluding hydrogens is 1010 g/mol. The molecule has 72 heavy (non-hydrogen) atoms. The second-order valence-corrected chi connectivity index (χ2v) is 19.1. The fourth-order valence-electron chi connectivity index (χ4n) is 11.0. The first kappa shape index (κ1) is 52.5. The van der Waals surface area contributed by atoms with Crippen LogP contribution in [-0.2, 0) is 36.2 Å². The Balaban J connectivity index is 0.000000177. The van der Waals surface area contributed by atoms with E-state index in [1.165, 1.54) is 182 Å². The van der Waals surface area contributed by atoms with Crippen LogP contribution in [0.1, 0.15) is 36.8 Å². The summed E-state index contributed by atoms with van der Waals surface area (Å²) in [4.78, 5) is 0. The third-order valence-corrected chi connectivity index (χ3v) is 14.7. The second kappa shape index (κ2) is 22.9.